The molecule has 1 heterocycles. The van der Waals surface area contributed by atoms with E-state index < -0.39 is 17.4 Å². The van der Waals surface area contributed by atoms with Gasteiger partial charge in [-0.1, -0.05) is 18.3 Å². The van der Waals surface area contributed by atoms with E-state index in [4.69, 9.17) is 0 Å². The normalized spacial score (nSPS) is 11.0. The van der Waals surface area contributed by atoms with E-state index >= 15 is 0 Å². The lowest BCUT2D eigenvalue weighted by atomic mass is 9.82. The molecule has 100 valence electrons. The van der Waals surface area contributed by atoms with Gasteiger partial charge in [0.05, 0.1) is 11.6 Å². The summed E-state index contributed by atoms with van der Waals surface area (Å²) in [5.74, 6) is -0.896. The van der Waals surface area contributed by atoms with Crippen molar-refractivity contribution in [1.82, 2.24) is 14.9 Å². The topological polar surface area (TPSA) is 104 Å². The van der Waals surface area contributed by atoms with Gasteiger partial charge in [-0.3, -0.25) is 10.1 Å². The molecule has 0 aliphatic rings. The highest BCUT2D eigenvalue weighted by Crippen LogP contribution is 2.25. The molecule has 0 spiro atoms. The quantitative estimate of drug-likeness (QED) is 0.728. The van der Waals surface area contributed by atoms with Gasteiger partial charge in [0.25, 0.3) is 0 Å². The number of hydrogen-bond acceptors (Lipinski definition) is 5. The van der Waals surface area contributed by atoms with Crippen LogP contribution in [0.5, 0.6) is 0 Å². The lowest BCUT2D eigenvalue weighted by Gasteiger charge is -2.26. The number of aromatic nitrogens is 2. The first kappa shape index (κ1) is 14.4. The van der Waals surface area contributed by atoms with Crippen molar-refractivity contribution in [2.75, 3.05) is 11.9 Å². The Morgan fingerprint density at radius 3 is 2.56 bits per heavy atom. The first-order valence-electron chi connectivity index (χ1n) is 5.59. The number of nitrogens with zero attached hydrogens (tertiary/aromatic N) is 2. The molecular formula is C10H16N4O3S. The zero-order valence-corrected chi connectivity index (χ0v) is 11.1. The van der Waals surface area contributed by atoms with Gasteiger partial charge in [-0.2, -0.15) is 0 Å². The SMILES string of the molecule is CCC(CC)(CNC(=O)Nc1cnns1)C(=O)O. The van der Waals surface area contributed by atoms with E-state index in [0.717, 1.165) is 11.5 Å². The van der Waals surface area contributed by atoms with E-state index in [1.807, 2.05) is 0 Å². The molecule has 1 rings (SSSR count). The van der Waals surface area contributed by atoms with Crippen LogP contribution in [0.4, 0.5) is 9.80 Å². The Hall–Kier alpha value is -1.70. The van der Waals surface area contributed by atoms with E-state index in [1.54, 1.807) is 13.8 Å². The molecule has 0 unspecified atom stereocenters. The molecule has 3 N–H and O–H groups in total. The largest absolute Gasteiger partial charge is 0.481 e. The van der Waals surface area contributed by atoms with Crippen molar-refractivity contribution in [3.05, 3.63) is 6.20 Å². The number of aliphatic carboxylic acids is 1. The standard InChI is InChI=1S/C10H16N4O3S/c1-3-10(4-2,8(15)16)6-11-9(17)13-7-5-12-14-18-7/h5H,3-4,6H2,1-2H3,(H,15,16)(H2,11,13,17). The molecule has 0 bridgehead atoms. The lowest BCUT2D eigenvalue weighted by molar-refractivity contribution is -0.149. The van der Waals surface area contributed by atoms with E-state index in [-0.39, 0.29) is 6.54 Å². The molecule has 1 aromatic heterocycles. The molecule has 18 heavy (non-hydrogen) atoms. The fourth-order valence-corrected chi connectivity index (χ4v) is 1.92. The lowest BCUT2D eigenvalue weighted by Crippen LogP contribution is -2.43. The molecule has 2 amide bonds. The maximum Gasteiger partial charge on any atom is 0.319 e. The Labute approximate surface area is 109 Å². The Morgan fingerprint density at radius 2 is 2.11 bits per heavy atom. The molecule has 0 aliphatic carbocycles. The van der Waals surface area contributed by atoms with E-state index in [9.17, 15) is 14.7 Å². The fourth-order valence-electron chi connectivity index (χ4n) is 1.51. The number of rotatable bonds is 6. The second-order valence-corrected chi connectivity index (χ2v) is 4.67. The molecule has 0 fully saturated rings. The molecule has 0 radical (unpaired) electrons. The van der Waals surface area contributed by atoms with Crippen LogP contribution >= 0.6 is 11.5 Å². The monoisotopic (exact) mass is 272 g/mol. The Bertz CT molecular complexity index is 403. The van der Waals surface area contributed by atoms with Gasteiger partial charge in [-0.15, -0.1) is 5.10 Å². The average Bonchev–Trinajstić information content (AvgIpc) is 2.83. The van der Waals surface area contributed by atoms with Gasteiger partial charge in [0, 0.05) is 18.1 Å². The second-order valence-electron chi connectivity index (χ2n) is 3.88. The van der Waals surface area contributed by atoms with Crippen molar-refractivity contribution >= 4 is 28.5 Å². The summed E-state index contributed by atoms with van der Waals surface area (Å²) < 4.78 is 3.60. The molecule has 0 aliphatic heterocycles. The number of urea groups is 1. The van der Waals surface area contributed by atoms with Crippen molar-refractivity contribution in [2.45, 2.75) is 26.7 Å². The third-order valence-corrected chi connectivity index (χ3v) is 3.57. The number of carboxylic acids is 1. The van der Waals surface area contributed by atoms with E-state index in [1.165, 1.54) is 6.20 Å². The minimum atomic E-state index is -0.913. The van der Waals surface area contributed by atoms with Crippen LogP contribution in [0.2, 0.25) is 0 Å². The molecule has 0 saturated carbocycles. The minimum Gasteiger partial charge on any atom is -0.481 e. The minimum absolute atomic E-state index is 0.0907. The van der Waals surface area contributed by atoms with E-state index in [2.05, 4.69) is 20.2 Å². The van der Waals surface area contributed by atoms with Crippen LogP contribution in [0, 0.1) is 5.41 Å². The van der Waals surface area contributed by atoms with Gasteiger partial charge in [0.15, 0.2) is 0 Å². The van der Waals surface area contributed by atoms with Gasteiger partial charge < -0.3 is 10.4 Å². The Kier molecular flexibility index (Phi) is 5.02. The summed E-state index contributed by atoms with van der Waals surface area (Å²) in [6.45, 7) is 3.68. The van der Waals surface area contributed by atoms with Crippen LogP contribution in [0.15, 0.2) is 6.20 Å². The van der Waals surface area contributed by atoms with Gasteiger partial charge in [-0.05, 0) is 12.8 Å². The third-order valence-electron chi connectivity index (χ3n) is 2.99. The first-order chi connectivity index (χ1) is 8.54. The van der Waals surface area contributed by atoms with Crippen LogP contribution in [0.1, 0.15) is 26.7 Å². The Morgan fingerprint density at radius 1 is 1.44 bits per heavy atom. The number of nitrogens with one attached hydrogen (secondary N) is 2. The van der Waals surface area contributed by atoms with Crippen molar-refractivity contribution in [3.8, 4) is 0 Å². The number of anilines is 1. The van der Waals surface area contributed by atoms with Crippen molar-refractivity contribution in [3.63, 3.8) is 0 Å². The summed E-state index contributed by atoms with van der Waals surface area (Å²) in [7, 11) is 0. The van der Waals surface area contributed by atoms with Gasteiger partial charge in [0.2, 0.25) is 0 Å². The zero-order chi connectivity index (χ0) is 13.6. The summed E-state index contributed by atoms with van der Waals surface area (Å²) in [5.41, 5.74) is -0.913. The summed E-state index contributed by atoms with van der Waals surface area (Å²) in [4.78, 5) is 22.8. The van der Waals surface area contributed by atoms with Gasteiger partial charge >= 0.3 is 12.0 Å². The van der Waals surface area contributed by atoms with Gasteiger partial charge in [0.1, 0.15) is 5.00 Å². The predicted molar refractivity (Wildman–Crippen MR) is 67.6 cm³/mol. The highest BCUT2D eigenvalue weighted by atomic mass is 32.1. The molecule has 0 saturated heterocycles. The van der Waals surface area contributed by atoms with Crippen LogP contribution in [0.3, 0.4) is 0 Å². The first-order valence-corrected chi connectivity index (χ1v) is 6.37. The zero-order valence-electron chi connectivity index (χ0n) is 10.3. The molecule has 8 heteroatoms. The second kappa shape index (κ2) is 6.29. The summed E-state index contributed by atoms with van der Waals surface area (Å²) in [5, 5.41) is 18.4. The average molecular weight is 272 g/mol. The van der Waals surface area contributed by atoms with Gasteiger partial charge in [-0.25, -0.2) is 4.79 Å². The summed E-state index contributed by atoms with van der Waals surface area (Å²) in [6, 6.07) is -0.450. The van der Waals surface area contributed by atoms with Crippen molar-refractivity contribution < 1.29 is 14.7 Å². The predicted octanol–water partition coefficient (Wildman–Crippen LogP) is 1.55. The van der Waals surface area contributed by atoms with Crippen LogP contribution in [-0.4, -0.2) is 33.2 Å². The third kappa shape index (κ3) is 3.39. The fraction of sp³-hybridized carbons (Fsp3) is 0.600. The molecule has 1 aromatic rings. The summed E-state index contributed by atoms with van der Waals surface area (Å²) in [6.07, 6.45) is 2.34. The Balaban J connectivity index is 2.52. The summed E-state index contributed by atoms with van der Waals surface area (Å²) >= 11 is 1.05. The van der Waals surface area contributed by atoms with E-state index in [0.29, 0.717) is 17.8 Å². The maximum atomic E-state index is 11.5. The number of carbonyl (C=O) groups is 2. The maximum absolute atomic E-state index is 11.5. The van der Waals surface area contributed by atoms with Crippen molar-refractivity contribution in [1.29, 1.82) is 0 Å². The highest BCUT2D eigenvalue weighted by molar-refractivity contribution is 7.10. The molecule has 7 nitrogen and oxygen atoms in total. The van der Waals surface area contributed by atoms with Crippen LogP contribution in [-0.2, 0) is 4.79 Å². The van der Waals surface area contributed by atoms with Crippen LogP contribution in [0.25, 0.3) is 0 Å². The molecule has 0 atom stereocenters. The van der Waals surface area contributed by atoms with Crippen molar-refractivity contribution in [2.24, 2.45) is 5.41 Å². The smallest absolute Gasteiger partial charge is 0.319 e. The number of carboxylic acid groups (broad SMARTS) is 1. The molecular weight excluding hydrogens is 256 g/mol. The molecule has 0 aromatic carbocycles. The highest BCUT2D eigenvalue weighted by Gasteiger charge is 2.35. The van der Waals surface area contributed by atoms with Crippen LogP contribution < -0.4 is 10.6 Å². The number of carbonyl (C=O) groups excluding carboxylic acids is 1. The number of hydrogen-bond donors (Lipinski definition) is 3. The number of amides is 2.